The molecule has 17 heavy (non-hydrogen) atoms. The average Bonchev–Trinajstić information content (AvgIpc) is 2.33. The molecule has 94 valence electrons. The number of benzene rings is 1. The minimum atomic E-state index is 0.380. The van der Waals surface area contributed by atoms with Gasteiger partial charge in [-0.3, -0.25) is 9.80 Å². The van der Waals surface area contributed by atoms with Crippen molar-refractivity contribution in [2.75, 3.05) is 40.3 Å². The van der Waals surface area contributed by atoms with E-state index in [0.29, 0.717) is 6.17 Å². The molecule has 0 aliphatic carbocycles. The molecule has 0 bridgehead atoms. The van der Waals surface area contributed by atoms with Crippen LogP contribution in [0.15, 0.2) is 28.7 Å². The summed E-state index contributed by atoms with van der Waals surface area (Å²) in [7, 11) is 4.30. The lowest BCUT2D eigenvalue weighted by Gasteiger charge is -2.38. The summed E-state index contributed by atoms with van der Waals surface area (Å²) in [5, 5.41) is 3.40. The summed E-state index contributed by atoms with van der Waals surface area (Å²) in [6.07, 6.45) is 0.380. The van der Waals surface area contributed by atoms with E-state index in [-0.39, 0.29) is 0 Å². The van der Waals surface area contributed by atoms with Gasteiger partial charge in [0.1, 0.15) is 0 Å². The Hall–Kier alpha value is -0.420. The van der Waals surface area contributed by atoms with E-state index in [1.165, 1.54) is 5.56 Å². The number of halogens is 1. The molecule has 1 saturated heterocycles. The molecule has 1 aromatic carbocycles. The van der Waals surface area contributed by atoms with Gasteiger partial charge in [0, 0.05) is 30.7 Å². The second-order valence-corrected chi connectivity index (χ2v) is 5.59. The van der Waals surface area contributed by atoms with Crippen molar-refractivity contribution in [1.82, 2.24) is 15.1 Å². The van der Waals surface area contributed by atoms with Crippen LogP contribution >= 0.6 is 15.9 Å². The Morgan fingerprint density at radius 3 is 2.29 bits per heavy atom. The number of rotatable bonds is 3. The highest BCUT2D eigenvalue weighted by atomic mass is 79.9. The number of piperazine rings is 1. The predicted octanol–water partition coefficient (Wildman–Crippen LogP) is 1.91. The van der Waals surface area contributed by atoms with Crippen LogP contribution in [0.4, 0.5) is 0 Å². The molecule has 0 aromatic heterocycles. The van der Waals surface area contributed by atoms with Crippen LogP contribution in [-0.4, -0.2) is 50.1 Å². The smallest absolute Gasteiger partial charge is 0.0882 e. The summed E-state index contributed by atoms with van der Waals surface area (Å²) >= 11 is 3.49. The van der Waals surface area contributed by atoms with Gasteiger partial charge in [-0.15, -0.1) is 0 Å². The molecule has 1 atom stereocenters. The SMILES string of the molecule is CN(C)C(c1ccc(Br)cc1)N1CCNCC1. The molecule has 3 nitrogen and oxygen atoms in total. The third-order valence-electron chi connectivity index (χ3n) is 3.15. The maximum Gasteiger partial charge on any atom is 0.0882 e. The molecular formula is C13H20BrN3. The fraction of sp³-hybridized carbons (Fsp3) is 0.538. The molecule has 1 aliphatic heterocycles. The maximum atomic E-state index is 3.49. The van der Waals surface area contributed by atoms with E-state index < -0.39 is 0 Å². The Kier molecular flexibility index (Phi) is 4.56. The number of hydrogen-bond donors (Lipinski definition) is 1. The predicted molar refractivity (Wildman–Crippen MR) is 75.0 cm³/mol. The molecule has 1 aromatic rings. The van der Waals surface area contributed by atoms with Gasteiger partial charge < -0.3 is 5.32 Å². The van der Waals surface area contributed by atoms with E-state index in [1.807, 2.05) is 0 Å². The zero-order valence-electron chi connectivity index (χ0n) is 10.5. The van der Waals surface area contributed by atoms with Crippen molar-refractivity contribution in [3.05, 3.63) is 34.3 Å². The van der Waals surface area contributed by atoms with Crippen molar-refractivity contribution < 1.29 is 0 Å². The summed E-state index contributed by atoms with van der Waals surface area (Å²) in [5.41, 5.74) is 1.36. The maximum absolute atomic E-state index is 3.49. The minimum absolute atomic E-state index is 0.380. The lowest BCUT2D eigenvalue weighted by molar-refractivity contribution is 0.0673. The highest BCUT2D eigenvalue weighted by Gasteiger charge is 2.23. The molecule has 4 heteroatoms. The molecule has 1 unspecified atom stereocenters. The molecule has 0 spiro atoms. The van der Waals surface area contributed by atoms with E-state index >= 15 is 0 Å². The van der Waals surface area contributed by atoms with E-state index in [4.69, 9.17) is 0 Å². The molecule has 0 amide bonds. The quantitative estimate of drug-likeness (QED) is 0.920. The Bertz CT molecular complexity index is 344. The van der Waals surface area contributed by atoms with Gasteiger partial charge in [0.2, 0.25) is 0 Å². The van der Waals surface area contributed by atoms with E-state index in [1.54, 1.807) is 0 Å². The van der Waals surface area contributed by atoms with Crippen LogP contribution in [0.5, 0.6) is 0 Å². The standard InChI is InChI=1S/C13H20BrN3/c1-16(2)13(17-9-7-15-8-10-17)11-3-5-12(14)6-4-11/h3-6,13,15H,7-10H2,1-2H3. The van der Waals surface area contributed by atoms with Gasteiger partial charge in [0.05, 0.1) is 6.17 Å². The van der Waals surface area contributed by atoms with Gasteiger partial charge >= 0.3 is 0 Å². The Morgan fingerprint density at radius 2 is 1.76 bits per heavy atom. The van der Waals surface area contributed by atoms with E-state index in [0.717, 1.165) is 30.7 Å². The first-order valence-corrected chi connectivity index (χ1v) is 6.84. The topological polar surface area (TPSA) is 18.5 Å². The number of hydrogen-bond acceptors (Lipinski definition) is 3. The first-order valence-electron chi connectivity index (χ1n) is 6.05. The number of nitrogens with one attached hydrogen (secondary N) is 1. The van der Waals surface area contributed by atoms with Gasteiger partial charge in [-0.05, 0) is 31.8 Å². The minimum Gasteiger partial charge on any atom is -0.314 e. The second kappa shape index (κ2) is 5.96. The van der Waals surface area contributed by atoms with Crippen LogP contribution in [0.25, 0.3) is 0 Å². The van der Waals surface area contributed by atoms with Crippen LogP contribution in [0.2, 0.25) is 0 Å². The van der Waals surface area contributed by atoms with Crippen molar-refractivity contribution in [2.24, 2.45) is 0 Å². The van der Waals surface area contributed by atoms with Gasteiger partial charge in [-0.25, -0.2) is 0 Å². The Morgan fingerprint density at radius 1 is 1.18 bits per heavy atom. The summed E-state index contributed by atoms with van der Waals surface area (Å²) in [5.74, 6) is 0. The lowest BCUT2D eigenvalue weighted by Crippen LogP contribution is -2.48. The molecule has 1 aliphatic rings. The summed E-state index contributed by atoms with van der Waals surface area (Å²) < 4.78 is 1.14. The summed E-state index contributed by atoms with van der Waals surface area (Å²) in [6.45, 7) is 4.39. The van der Waals surface area contributed by atoms with Crippen molar-refractivity contribution in [3.63, 3.8) is 0 Å². The fourth-order valence-electron chi connectivity index (χ4n) is 2.40. The molecule has 2 rings (SSSR count). The third kappa shape index (κ3) is 3.28. The first kappa shape index (κ1) is 13.0. The van der Waals surface area contributed by atoms with Crippen LogP contribution in [0.3, 0.4) is 0 Å². The van der Waals surface area contributed by atoms with Crippen molar-refractivity contribution in [3.8, 4) is 0 Å². The summed E-state index contributed by atoms with van der Waals surface area (Å²) in [4.78, 5) is 4.81. The second-order valence-electron chi connectivity index (χ2n) is 4.67. The third-order valence-corrected chi connectivity index (χ3v) is 3.68. The van der Waals surface area contributed by atoms with Gasteiger partial charge in [0.15, 0.2) is 0 Å². The Balaban J connectivity index is 2.18. The molecule has 0 radical (unpaired) electrons. The summed E-state index contributed by atoms with van der Waals surface area (Å²) in [6, 6.07) is 8.65. The van der Waals surface area contributed by atoms with Crippen molar-refractivity contribution >= 4 is 15.9 Å². The van der Waals surface area contributed by atoms with Gasteiger partial charge in [-0.2, -0.15) is 0 Å². The van der Waals surface area contributed by atoms with Gasteiger partial charge in [0.25, 0.3) is 0 Å². The van der Waals surface area contributed by atoms with Crippen molar-refractivity contribution in [2.45, 2.75) is 6.17 Å². The zero-order valence-corrected chi connectivity index (χ0v) is 12.1. The van der Waals surface area contributed by atoms with Crippen molar-refractivity contribution in [1.29, 1.82) is 0 Å². The van der Waals surface area contributed by atoms with E-state index in [9.17, 15) is 0 Å². The lowest BCUT2D eigenvalue weighted by atomic mass is 10.1. The molecule has 1 N–H and O–H groups in total. The normalized spacial score (nSPS) is 19.5. The Labute approximate surface area is 112 Å². The zero-order chi connectivity index (χ0) is 12.3. The molecule has 1 fully saturated rings. The van der Waals surface area contributed by atoms with Gasteiger partial charge in [-0.1, -0.05) is 28.1 Å². The van der Waals surface area contributed by atoms with Crippen LogP contribution < -0.4 is 5.32 Å². The fourth-order valence-corrected chi connectivity index (χ4v) is 2.66. The molecule has 0 saturated carbocycles. The highest BCUT2D eigenvalue weighted by Crippen LogP contribution is 2.24. The monoisotopic (exact) mass is 297 g/mol. The largest absolute Gasteiger partial charge is 0.314 e. The molecule has 1 heterocycles. The van der Waals surface area contributed by atoms with E-state index in [2.05, 4.69) is 69.4 Å². The van der Waals surface area contributed by atoms with Crippen LogP contribution in [-0.2, 0) is 0 Å². The number of nitrogens with zero attached hydrogens (tertiary/aromatic N) is 2. The average molecular weight is 298 g/mol. The highest BCUT2D eigenvalue weighted by molar-refractivity contribution is 9.10. The van der Waals surface area contributed by atoms with Crippen LogP contribution in [0.1, 0.15) is 11.7 Å². The van der Waals surface area contributed by atoms with Crippen LogP contribution in [0, 0.1) is 0 Å². The first-order chi connectivity index (χ1) is 8.18. The molecular weight excluding hydrogens is 278 g/mol.